The Hall–Kier alpha value is -2.38. The van der Waals surface area contributed by atoms with Crippen LogP contribution in [0.25, 0.3) is 0 Å². The second-order valence-corrected chi connectivity index (χ2v) is 7.25. The van der Waals surface area contributed by atoms with Crippen molar-refractivity contribution in [2.75, 3.05) is 18.6 Å². The van der Waals surface area contributed by atoms with Crippen molar-refractivity contribution in [3.05, 3.63) is 54.6 Å². The number of methoxy groups -OCH3 is 1. The number of amides is 1. The van der Waals surface area contributed by atoms with Gasteiger partial charge in [-0.15, -0.1) is 0 Å². The quantitative estimate of drug-likeness (QED) is 0.895. The third-order valence-electron chi connectivity index (χ3n) is 3.88. The van der Waals surface area contributed by atoms with Gasteiger partial charge in [-0.2, -0.15) is 0 Å². The van der Waals surface area contributed by atoms with Crippen LogP contribution in [0, 0.1) is 0 Å². The van der Waals surface area contributed by atoms with E-state index in [2.05, 4.69) is 4.72 Å². The molecule has 0 radical (unpaired) electrons. The Balaban J connectivity index is 1.73. The Morgan fingerprint density at radius 2 is 1.75 bits per heavy atom. The van der Waals surface area contributed by atoms with Crippen molar-refractivity contribution in [2.45, 2.75) is 17.4 Å². The van der Waals surface area contributed by atoms with Gasteiger partial charge in [-0.3, -0.25) is 4.79 Å². The zero-order chi connectivity index (χ0) is 17.2. The molecule has 1 fully saturated rings. The van der Waals surface area contributed by atoms with Crippen molar-refractivity contribution in [3.63, 3.8) is 0 Å². The van der Waals surface area contributed by atoms with Gasteiger partial charge in [0, 0.05) is 24.7 Å². The molecular weight excluding hydrogens is 328 g/mol. The van der Waals surface area contributed by atoms with E-state index in [1.165, 1.54) is 19.2 Å². The summed E-state index contributed by atoms with van der Waals surface area (Å²) >= 11 is 0. The van der Waals surface area contributed by atoms with Gasteiger partial charge in [-0.05, 0) is 36.4 Å². The predicted octanol–water partition coefficient (Wildman–Crippen LogP) is 1.78. The van der Waals surface area contributed by atoms with Crippen molar-refractivity contribution in [1.29, 1.82) is 0 Å². The van der Waals surface area contributed by atoms with E-state index in [9.17, 15) is 13.2 Å². The summed E-state index contributed by atoms with van der Waals surface area (Å²) in [5.41, 5.74) is 0.772. The van der Waals surface area contributed by atoms with Gasteiger partial charge in [0.1, 0.15) is 5.75 Å². The second kappa shape index (κ2) is 6.62. The van der Waals surface area contributed by atoms with Gasteiger partial charge in [-0.1, -0.05) is 18.2 Å². The fourth-order valence-corrected chi connectivity index (χ4v) is 3.91. The summed E-state index contributed by atoms with van der Waals surface area (Å²) in [4.78, 5) is 13.9. The average molecular weight is 346 g/mol. The Morgan fingerprint density at radius 1 is 1.08 bits per heavy atom. The highest BCUT2D eigenvalue weighted by Gasteiger charge is 2.33. The zero-order valence-electron chi connectivity index (χ0n) is 13.2. The molecule has 0 aliphatic carbocycles. The minimum Gasteiger partial charge on any atom is -0.497 e. The number of para-hydroxylation sites is 1. The first-order valence-corrected chi connectivity index (χ1v) is 9.00. The summed E-state index contributed by atoms with van der Waals surface area (Å²) in [6.45, 7) is 0.318. The summed E-state index contributed by atoms with van der Waals surface area (Å²) in [5.74, 6) is 0.490. The first-order chi connectivity index (χ1) is 11.5. The summed E-state index contributed by atoms with van der Waals surface area (Å²) in [5, 5.41) is 0. The highest BCUT2D eigenvalue weighted by molar-refractivity contribution is 7.89. The fraction of sp³-hybridized carbons (Fsp3) is 0.235. The normalized spacial score (nSPS) is 18.0. The number of hydrogen-bond acceptors (Lipinski definition) is 4. The Bertz CT molecular complexity index is 819. The molecule has 2 aromatic carbocycles. The van der Waals surface area contributed by atoms with Crippen molar-refractivity contribution in [3.8, 4) is 5.75 Å². The van der Waals surface area contributed by atoms with Gasteiger partial charge in [0.2, 0.25) is 15.9 Å². The lowest BCUT2D eigenvalue weighted by Crippen LogP contribution is -2.37. The first-order valence-electron chi connectivity index (χ1n) is 7.51. The first kappa shape index (κ1) is 16.5. The van der Waals surface area contributed by atoms with Gasteiger partial charge < -0.3 is 9.64 Å². The third kappa shape index (κ3) is 3.42. The molecule has 0 saturated carbocycles. The van der Waals surface area contributed by atoms with E-state index in [0.717, 1.165) is 5.69 Å². The highest BCUT2D eigenvalue weighted by Crippen LogP contribution is 2.22. The maximum atomic E-state index is 12.5. The Kier molecular flexibility index (Phi) is 4.55. The van der Waals surface area contributed by atoms with Crippen molar-refractivity contribution in [2.24, 2.45) is 0 Å². The molecule has 1 amide bonds. The molecule has 1 aliphatic rings. The number of anilines is 1. The molecule has 7 heteroatoms. The standard InChI is InChI=1S/C17H18N2O4S/c1-23-15-7-9-16(10-8-15)24(21,22)18-13-11-17(20)19(12-13)14-5-3-2-4-6-14/h2-10,13,18H,11-12H2,1H3/t13-/m1/s1. The number of ether oxygens (including phenoxy) is 1. The highest BCUT2D eigenvalue weighted by atomic mass is 32.2. The smallest absolute Gasteiger partial charge is 0.240 e. The molecule has 24 heavy (non-hydrogen) atoms. The monoisotopic (exact) mass is 346 g/mol. The van der Waals surface area contributed by atoms with Gasteiger partial charge in [0.05, 0.1) is 12.0 Å². The summed E-state index contributed by atoms with van der Waals surface area (Å²) < 4.78 is 32.5. The fourth-order valence-electron chi connectivity index (χ4n) is 2.69. The van der Waals surface area contributed by atoms with Crippen LogP contribution in [0.3, 0.4) is 0 Å². The SMILES string of the molecule is COc1ccc(S(=O)(=O)N[C@@H]2CC(=O)N(c3ccccc3)C2)cc1. The van der Waals surface area contributed by atoms with Crippen LogP contribution in [-0.4, -0.2) is 34.0 Å². The van der Waals surface area contributed by atoms with Crippen LogP contribution in [0.2, 0.25) is 0 Å². The molecule has 2 aromatic rings. The van der Waals surface area contributed by atoms with E-state index in [-0.39, 0.29) is 17.2 Å². The molecule has 1 N–H and O–H groups in total. The van der Waals surface area contributed by atoms with Crippen LogP contribution in [0.5, 0.6) is 5.75 Å². The molecule has 0 spiro atoms. The van der Waals surface area contributed by atoms with Crippen LogP contribution in [0.15, 0.2) is 59.5 Å². The van der Waals surface area contributed by atoms with Crippen molar-refractivity contribution in [1.82, 2.24) is 4.72 Å². The van der Waals surface area contributed by atoms with E-state index >= 15 is 0 Å². The van der Waals surface area contributed by atoms with E-state index in [1.807, 2.05) is 30.3 Å². The van der Waals surface area contributed by atoms with E-state index in [0.29, 0.717) is 12.3 Å². The molecule has 3 rings (SSSR count). The maximum absolute atomic E-state index is 12.5. The van der Waals surface area contributed by atoms with Gasteiger partial charge in [-0.25, -0.2) is 13.1 Å². The molecule has 0 aromatic heterocycles. The molecule has 0 bridgehead atoms. The van der Waals surface area contributed by atoms with Crippen molar-refractivity contribution >= 4 is 21.6 Å². The number of carbonyl (C=O) groups is 1. The van der Waals surface area contributed by atoms with E-state index in [1.54, 1.807) is 17.0 Å². The molecule has 126 valence electrons. The largest absolute Gasteiger partial charge is 0.497 e. The summed E-state index contributed by atoms with van der Waals surface area (Å²) in [6, 6.07) is 14.9. The van der Waals surface area contributed by atoms with Gasteiger partial charge in [0.15, 0.2) is 0 Å². The lowest BCUT2D eigenvalue weighted by atomic mass is 10.3. The minimum atomic E-state index is -3.68. The number of hydrogen-bond donors (Lipinski definition) is 1. The number of nitrogens with zero attached hydrogens (tertiary/aromatic N) is 1. The molecular formula is C17H18N2O4S. The molecule has 1 atom stereocenters. The lowest BCUT2D eigenvalue weighted by molar-refractivity contribution is -0.117. The van der Waals surface area contributed by atoms with Crippen LogP contribution in [0.4, 0.5) is 5.69 Å². The Labute approximate surface area is 141 Å². The van der Waals surface area contributed by atoms with E-state index < -0.39 is 16.1 Å². The number of nitrogens with one attached hydrogen (secondary N) is 1. The predicted molar refractivity (Wildman–Crippen MR) is 90.5 cm³/mol. The van der Waals surface area contributed by atoms with Crippen LogP contribution < -0.4 is 14.4 Å². The molecule has 1 aliphatic heterocycles. The van der Waals surface area contributed by atoms with Crippen LogP contribution >= 0.6 is 0 Å². The van der Waals surface area contributed by atoms with Gasteiger partial charge >= 0.3 is 0 Å². The molecule has 1 saturated heterocycles. The average Bonchev–Trinajstić information content (AvgIpc) is 2.95. The van der Waals surface area contributed by atoms with Crippen molar-refractivity contribution < 1.29 is 17.9 Å². The zero-order valence-corrected chi connectivity index (χ0v) is 14.0. The summed E-state index contributed by atoms with van der Waals surface area (Å²) in [7, 11) is -2.16. The minimum absolute atomic E-state index is 0.0939. The second-order valence-electron chi connectivity index (χ2n) is 5.54. The summed E-state index contributed by atoms with van der Waals surface area (Å²) in [6.07, 6.45) is 0.143. The molecule has 0 unspecified atom stereocenters. The van der Waals surface area contributed by atoms with Crippen LogP contribution in [-0.2, 0) is 14.8 Å². The number of benzene rings is 2. The number of carbonyl (C=O) groups excluding carboxylic acids is 1. The maximum Gasteiger partial charge on any atom is 0.240 e. The Morgan fingerprint density at radius 3 is 2.38 bits per heavy atom. The third-order valence-corrected chi connectivity index (χ3v) is 5.42. The molecule has 1 heterocycles. The molecule has 6 nitrogen and oxygen atoms in total. The number of sulfonamides is 1. The number of rotatable bonds is 5. The topological polar surface area (TPSA) is 75.7 Å². The van der Waals surface area contributed by atoms with E-state index in [4.69, 9.17) is 4.74 Å². The van der Waals surface area contributed by atoms with Crippen LogP contribution in [0.1, 0.15) is 6.42 Å². The lowest BCUT2D eigenvalue weighted by Gasteiger charge is -2.17. The van der Waals surface area contributed by atoms with Gasteiger partial charge in [0.25, 0.3) is 0 Å².